The first-order chi connectivity index (χ1) is 5.33. The smallest absolute Gasteiger partial charge is 0.0489 e. The van der Waals surface area contributed by atoms with Crippen LogP contribution in [0, 0.1) is 5.41 Å². The Hall–Kier alpha value is -0.120. The van der Waals surface area contributed by atoms with E-state index in [1.807, 2.05) is 0 Å². The molecule has 1 heterocycles. The van der Waals surface area contributed by atoms with E-state index >= 15 is 0 Å². The van der Waals surface area contributed by atoms with Gasteiger partial charge in [0.2, 0.25) is 0 Å². The third-order valence-corrected chi connectivity index (χ3v) is 2.53. The molecular formula is C8H16O3. The fraction of sp³-hybridized carbons (Fsp3) is 1.00. The van der Waals surface area contributed by atoms with Crippen molar-refractivity contribution in [3.63, 3.8) is 0 Å². The average molecular weight is 160 g/mol. The maximum absolute atomic E-state index is 9.11. The van der Waals surface area contributed by atoms with Gasteiger partial charge < -0.3 is 14.9 Å². The van der Waals surface area contributed by atoms with Crippen LogP contribution in [-0.2, 0) is 4.74 Å². The summed E-state index contributed by atoms with van der Waals surface area (Å²) in [7, 11) is 0. The molecule has 11 heavy (non-hydrogen) atoms. The zero-order chi connectivity index (χ0) is 8.16. The summed E-state index contributed by atoms with van der Waals surface area (Å²) in [4.78, 5) is 0. The Morgan fingerprint density at radius 3 is 2.27 bits per heavy atom. The van der Waals surface area contributed by atoms with Gasteiger partial charge in [-0.1, -0.05) is 0 Å². The Bertz CT molecular complexity index is 102. The molecule has 0 aliphatic carbocycles. The lowest BCUT2D eigenvalue weighted by atomic mass is 9.78. The summed E-state index contributed by atoms with van der Waals surface area (Å²) in [5, 5.41) is 17.9. The van der Waals surface area contributed by atoms with Crippen LogP contribution in [0.2, 0.25) is 0 Å². The predicted octanol–water partition coefficient (Wildman–Crippen LogP) is 0.158. The molecule has 0 radical (unpaired) electrons. The zero-order valence-corrected chi connectivity index (χ0v) is 6.75. The molecule has 3 nitrogen and oxygen atoms in total. The molecule has 1 fully saturated rings. The van der Waals surface area contributed by atoms with Crippen LogP contribution in [-0.4, -0.2) is 36.6 Å². The fourth-order valence-electron chi connectivity index (χ4n) is 1.53. The Morgan fingerprint density at radius 2 is 1.82 bits per heavy atom. The van der Waals surface area contributed by atoms with Crippen LogP contribution in [0.4, 0.5) is 0 Å². The minimum atomic E-state index is -0.0486. The van der Waals surface area contributed by atoms with Gasteiger partial charge in [0.25, 0.3) is 0 Å². The average Bonchev–Trinajstić information content (AvgIpc) is 2.07. The number of aliphatic hydroxyl groups excluding tert-OH is 2. The van der Waals surface area contributed by atoms with E-state index in [2.05, 4.69) is 0 Å². The van der Waals surface area contributed by atoms with Gasteiger partial charge in [0.15, 0.2) is 0 Å². The van der Waals surface area contributed by atoms with Crippen molar-refractivity contribution in [2.45, 2.75) is 19.3 Å². The SMILES string of the molecule is OCCC1(CO)CCOCC1. The largest absolute Gasteiger partial charge is 0.396 e. The minimum Gasteiger partial charge on any atom is -0.396 e. The second-order valence-corrected chi connectivity index (χ2v) is 3.24. The van der Waals surface area contributed by atoms with Gasteiger partial charge in [0, 0.05) is 26.4 Å². The molecule has 0 bridgehead atoms. The van der Waals surface area contributed by atoms with Gasteiger partial charge in [-0.05, 0) is 24.7 Å². The highest BCUT2D eigenvalue weighted by Gasteiger charge is 2.30. The van der Waals surface area contributed by atoms with Gasteiger partial charge in [-0.2, -0.15) is 0 Å². The van der Waals surface area contributed by atoms with Crippen LogP contribution < -0.4 is 0 Å². The fourth-order valence-corrected chi connectivity index (χ4v) is 1.53. The molecule has 0 aromatic heterocycles. The monoisotopic (exact) mass is 160 g/mol. The lowest BCUT2D eigenvalue weighted by molar-refractivity contribution is -0.0279. The van der Waals surface area contributed by atoms with Crippen LogP contribution in [0.3, 0.4) is 0 Å². The number of hydrogen-bond donors (Lipinski definition) is 2. The number of ether oxygens (including phenoxy) is 1. The molecule has 0 spiro atoms. The minimum absolute atomic E-state index is 0.0486. The first kappa shape index (κ1) is 8.97. The quantitative estimate of drug-likeness (QED) is 0.618. The Kier molecular flexibility index (Phi) is 3.30. The van der Waals surface area contributed by atoms with Crippen LogP contribution >= 0.6 is 0 Å². The number of rotatable bonds is 3. The molecule has 3 heteroatoms. The highest BCUT2D eigenvalue weighted by molar-refractivity contribution is 4.80. The van der Waals surface area contributed by atoms with Crippen molar-refractivity contribution in [3.8, 4) is 0 Å². The third-order valence-electron chi connectivity index (χ3n) is 2.53. The first-order valence-corrected chi connectivity index (χ1v) is 4.12. The van der Waals surface area contributed by atoms with E-state index < -0.39 is 0 Å². The van der Waals surface area contributed by atoms with Crippen molar-refractivity contribution in [2.24, 2.45) is 5.41 Å². The molecule has 0 unspecified atom stereocenters. The molecule has 66 valence electrons. The van der Waals surface area contributed by atoms with Gasteiger partial charge in [-0.15, -0.1) is 0 Å². The molecule has 0 saturated carbocycles. The number of hydrogen-bond acceptors (Lipinski definition) is 3. The molecule has 0 atom stereocenters. The van der Waals surface area contributed by atoms with Gasteiger partial charge in [0.05, 0.1) is 0 Å². The Morgan fingerprint density at radius 1 is 1.18 bits per heavy atom. The summed E-state index contributed by atoms with van der Waals surface area (Å²) >= 11 is 0. The summed E-state index contributed by atoms with van der Waals surface area (Å²) in [6, 6.07) is 0. The summed E-state index contributed by atoms with van der Waals surface area (Å²) in [6.45, 7) is 1.79. The Labute approximate surface area is 67.0 Å². The van der Waals surface area contributed by atoms with Gasteiger partial charge in [-0.25, -0.2) is 0 Å². The van der Waals surface area contributed by atoms with Crippen molar-refractivity contribution < 1.29 is 14.9 Å². The molecule has 0 aromatic rings. The second-order valence-electron chi connectivity index (χ2n) is 3.24. The van der Waals surface area contributed by atoms with Crippen LogP contribution in [0.5, 0.6) is 0 Å². The molecule has 0 amide bonds. The van der Waals surface area contributed by atoms with Gasteiger partial charge >= 0.3 is 0 Å². The summed E-state index contributed by atoms with van der Waals surface area (Å²) in [5.41, 5.74) is -0.0486. The lowest BCUT2D eigenvalue weighted by Crippen LogP contribution is -2.33. The molecule has 1 aliphatic heterocycles. The summed E-state index contributed by atoms with van der Waals surface area (Å²) in [6.07, 6.45) is 2.46. The van der Waals surface area contributed by atoms with Crippen molar-refractivity contribution in [1.29, 1.82) is 0 Å². The molecule has 2 N–H and O–H groups in total. The molecule has 1 rings (SSSR count). The van der Waals surface area contributed by atoms with Crippen molar-refractivity contribution in [3.05, 3.63) is 0 Å². The highest BCUT2D eigenvalue weighted by Crippen LogP contribution is 2.32. The number of aliphatic hydroxyl groups is 2. The third kappa shape index (κ3) is 2.15. The van der Waals surface area contributed by atoms with E-state index in [4.69, 9.17) is 14.9 Å². The standard InChI is InChI=1S/C8H16O3/c9-4-1-8(7-10)2-5-11-6-3-8/h9-10H,1-7H2. The van der Waals surface area contributed by atoms with E-state index in [9.17, 15) is 0 Å². The maximum Gasteiger partial charge on any atom is 0.0489 e. The Balaban J connectivity index is 2.42. The van der Waals surface area contributed by atoms with E-state index in [-0.39, 0.29) is 18.6 Å². The predicted molar refractivity (Wildman–Crippen MR) is 41.3 cm³/mol. The van der Waals surface area contributed by atoms with Crippen molar-refractivity contribution in [2.75, 3.05) is 26.4 Å². The van der Waals surface area contributed by atoms with E-state index in [0.29, 0.717) is 6.42 Å². The molecule has 1 aliphatic rings. The first-order valence-electron chi connectivity index (χ1n) is 4.12. The van der Waals surface area contributed by atoms with E-state index in [0.717, 1.165) is 26.1 Å². The normalized spacial score (nSPS) is 23.5. The summed E-state index contributed by atoms with van der Waals surface area (Å²) < 4.78 is 5.18. The maximum atomic E-state index is 9.11. The van der Waals surface area contributed by atoms with Crippen LogP contribution in [0.1, 0.15) is 19.3 Å². The summed E-state index contributed by atoms with van der Waals surface area (Å²) in [5.74, 6) is 0. The second kappa shape index (κ2) is 4.04. The van der Waals surface area contributed by atoms with Crippen molar-refractivity contribution >= 4 is 0 Å². The van der Waals surface area contributed by atoms with E-state index in [1.54, 1.807) is 0 Å². The molecule has 1 saturated heterocycles. The van der Waals surface area contributed by atoms with Crippen LogP contribution in [0.15, 0.2) is 0 Å². The zero-order valence-electron chi connectivity index (χ0n) is 6.75. The topological polar surface area (TPSA) is 49.7 Å². The molecular weight excluding hydrogens is 144 g/mol. The van der Waals surface area contributed by atoms with Gasteiger partial charge in [-0.3, -0.25) is 0 Å². The van der Waals surface area contributed by atoms with E-state index in [1.165, 1.54) is 0 Å². The lowest BCUT2D eigenvalue weighted by Gasteiger charge is -2.34. The van der Waals surface area contributed by atoms with Crippen molar-refractivity contribution in [1.82, 2.24) is 0 Å². The molecule has 0 aromatic carbocycles. The van der Waals surface area contributed by atoms with Crippen LogP contribution in [0.25, 0.3) is 0 Å². The van der Waals surface area contributed by atoms with Gasteiger partial charge in [0.1, 0.15) is 0 Å². The highest BCUT2D eigenvalue weighted by atomic mass is 16.5.